The Bertz CT molecular complexity index is 1080. The minimum atomic E-state index is -1.05. The number of ether oxygens (including phenoxy) is 1. The van der Waals surface area contributed by atoms with Gasteiger partial charge in [0.15, 0.2) is 0 Å². The number of rotatable bonds is 4. The Balaban J connectivity index is 2.11. The molecule has 6 nitrogen and oxygen atoms in total. The Morgan fingerprint density at radius 1 is 1.10 bits per heavy atom. The number of allylic oxidation sites excluding steroid dienone is 1. The van der Waals surface area contributed by atoms with Crippen LogP contribution < -0.4 is 4.90 Å². The maximum absolute atomic E-state index is 13.2. The third-order valence-corrected chi connectivity index (χ3v) is 5.08. The molecule has 0 aromatic heterocycles. The molecular formula is C22H18ClNO5. The topological polar surface area (TPSA) is 83.9 Å². The second-order valence-corrected chi connectivity index (χ2v) is 6.92. The van der Waals surface area contributed by atoms with Gasteiger partial charge in [0.25, 0.3) is 5.91 Å². The van der Waals surface area contributed by atoms with Gasteiger partial charge in [0.05, 0.1) is 29.5 Å². The Morgan fingerprint density at radius 3 is 2.31 bits per heavy atom. The van der Waals surface area contributed by atoms with Crippen LogP contribution in [0.25, 0.3) is 6.08 Å². The molecule has 0 saturated carbocycles. The number of hydrogen-bond acceptors (Lipinski definition) is 4. The van der Waals surface area contributed by atoms with Crippen molar-refractivity contribution in [1.29, 1.82) is 0 Å². The van der Waals surface area contributed by atoms with E-state index in [-0.39, 0.29) is 16.7 Å². The fourth-order valence-corrected chi connectivity index (χ4v) is 3.28. The van der Waals surface area contributed by atoms with Gasteiger partial charge >= 0.3 is 11.9 Å². The van der Waals surface area contributed by atoms with Gasteiger partial charge in [0.1, 0.15) is 0 Å². The lowest BCUT2D eigenvalue weighted by molar-refractivity contribution is -0.136. The van der Waals surface area contributed by atoms with Crippen molar-refractivity contribution in [3.63, 3.8) is 0 Å². The number of amides is 1. The number of carboxylic acids is 1. The fraction of sp³-hybridized carbons (Fsp3) is 0.136. The number of carbonyl (C=O) groups is 3. The van der Waals surface area contributed by atoms with Crippen LogP contribution in [0.15, 0.2) is 59.3 Å². The zero-order chi connectivity index (χ0) is 21.3. The zero-order valence-corrected chi connectivity index (χ0v) is 16.8. The highest BCUT2D eigenvalue weighted by atomic mass is 35.5. The summed E-state index contributed by atoms with van der Waals surface area (Å²) in [5.74, 6) is -2.08. The summed E-state index contributed by atoms with van der Waals surface area (Å²) in [5.41, 5.74) is 2.85. The molecule has 1 aliphatic rings. The molecule has 0 atom stereocenters. The summed E-state index contributed by atoms with van der Waals surface area (Å²) in [6, 6.07) is 11.2. The van der Waals surface area contributed by atoms with Crippen molar-refractivity contribution in [3.05, 3.63) is 81.0 Å². The van der Waals surface area contributed by atoms with Crippen LogP contribution in [0.3, 0.4) is 0 Å². The molecule has 0 saturated heterocycles. The number of methoxy groups -OCH3 is 1. The minimum Gasteiger partial charge on any atom is -0.478 e. The molecule has 0 radical (unpaired) electrons. The first-order valence-corrected chi connectivity index (χ1v) is 9.07. The first-order chi connectivity index (χ1) is 13.7. The van der Waals surface area contributed by atoms with Crippen LogP contribution in [0.2, 0.25) is 5.02 Å². The molecular weight excluding hydrogens is 394 g/mol. The van der Waals surface area contributed by atoms with Gasteiger partial charge in [0.2, 0.25) is 0 Å². The smallest absolute Gasteiger partial charge is 0.340 e. The quantitative estimate of drug-likeness (QED) is 0.601. The lowest BCUT2D eigenvalue weighted by atomic mass is 10.0. The molecule has 0 unspecified atom stereocenters. The summed E-state index contributed by atoms with van der Waals surface area (Å²) >= 11 is 6.21. The summed E-state index contributed by atoms with van der Waals surface area (Å²) in [6.07, 6.45) is 1.54. The number of hydrogen-bond donors (Lipinski definition) is 1. The van der Waals surface area contributed by atoms with Gasteiger partial charge < -0.3 is 9.84 Å². The van der Waals surface area contributed by atoms with Crippen LogP contribution in [-0.2, 0) is 14.3 Å². The Morgan fingerprint density at radius 2 is 1.76 bits per heavy atom. The Kier molecular flexibility index (Phi) is 5.57. The summed E-state index contributed by atoms with van der Waals surface area (Å²) in [5, 5.41) is 9.53. The van der Waals surface area contributed by atoms with Crippen molar-refractivity contribution in [2.75, 3.05) is 12.0 Å². The first kappa shape index (κ1) is 20.4. The monoisotopic (exact) mass is 411 g/mol. The summed E-state index contributed by atoms with van der Waals surface area (Å²) < 4.78 is 4.88. The molecule has 2 aromatic carbocycles. The molecule has 7 heteroatoms. The fourth-order valence-electron chi connectivity index (χ4n) is 3.10. The van der Waals surface area contributed by atoms with Crippen molar-refractivity contribution < 1.29 is 24.2 Å². The maximum atomic E-state index is 13.2. The van der Waals surface area contributed by atoms with Crippen LogP contribution >= 0.6 is 11.6 Å². The van der Waals surface area contributed by atoms with E-state index in [2.05, 4.69) is 0 Å². The molecule has 2 aromatic rings. The molecule has 1 amide bonds. The molecule has 29 heavy (non-hydrogen) atoms. The van der Waals surface area contributed by atoms with Crippen molar-refractivity contribution in [2.45, 2.75) is 13.8 Å². The SMILES string of the molecule is COC(=O)C1=C(C)N(c2ccc(C)c(Cl)c2)C(=O)/C1=C\c1ccc(C(=O)O)cc1. The number of halogens is 1. The molecule has 0 aliphatic carbocycles. The summed E-state index contributed by atoms with van der Waals surface area (Å²) in [4.78, 5) is 38.0. The third kappa shape index (κ3) is 3.79. The highest BCUT2D eigenvalue weighted by Gasteiger charge is 2.38. The van der Waals surface area contributed by atoms with E-state index in [0.717, 1.165) is 5.56 Å². The standard InChI is InChI=1S/C22H18ClNO5/c1-12-4-9-16(11-18(12)23)24-13(2)19(22(28)29-3)17(20(24)25)10-14-5-7-15(8-6-14)21(26)27/h4-11H,1-3H3,(H,26,27)/b17-10-. The van der Waals surface area contributed by atoms with Crippen molar-refractivity contribution in [2.24, 2.45) is 0 Å². The maximum Gasteiger partial charge on any atom is 0.340 e. The van der Waals surface area contributed by atoms with E-state index in [1.165, 1.54) is 24.1 Å². The number of aryl methyl sites for hydroxylation is 1. The van der Waals surface area contributed by atoms with Crippen LogP contribution in [0.5, 0.6) is 0 Å². The molecule has 1 heterocycles. The average Bonchev–Trinajstić information content (AvgIpc) is 2.94. The Labute approximate surface area is 172 Å². The zero-order valence-electron chi connectivity index (χ0n) is 16.0. The van der Waals surface area contributed by atoms with Gasteiger partial charge in [-0.15, -0.1) is 0 Å². The van der Waals surface area contributed by atoms with Crippen molar-refractivity contribution in [1.82, 2.24) is 0 Å². The van der Waals surface area contributed by atoms with Crippen LogP contribution in [0, 0.1) is 6.92 Å². The largest absolute Gasteiger partial charge is 0.478 e. The molecule has 0 spiro atoms. The van der Waals surface area contributed by atoms with E-state index in [9.17, 15) is 14.4 Å². The lowest BCUT2D eigenvalue weighted by Gasteiger charge is -2.18. The summed E-state index contributed by atoms with van der Waals surface area (Å²) in [7, 11) is 1.25. The highest BCUT2D eigenvalue weighted by molar-refractivity contribution is 6.32. The molecule has 148 valence electrons. The van der Waals surface area contributed by atoms with Gasteiger partial charge in [-0.25, -0.2) is 9.59 Å². The number of anilines is 1. The van der Waals surface area contributed by atoms with E-state index >= 15 is 0 Å². The normalized spacial score (nSPS) is 15.2. The van der Waals surface area contributed by atoms with E-state index in [1.54, 1.807) is 43.3 Å². The van der Waals surface area contributed by atoms with Gasteiger partial charge in [-0.3, -0.25) is 9.69 Å². The van der Waals surface area contributed by atoms with Crippen LogP contribution in [0.4, 0.5) is 5.69 Å². The van der Waals surface area contributed by atoms with E-state index < -0.39 is 17.8 Å². The van der Waals surface area contributed by atoms with Crippen molar-refractivity contribution in [3.8, 4) is 0 Å². The molecule has 3 rings (SSSR count). The number of carbonyl (C=O) groups excluding carboxylic acids is 2. The van der Waals surface area contributed by atoms with Crippen molar-refractivity contribution >= 4 is 41.2 Å². The van der Waals surface area contributed by atoms with Crippen LogP contribution in [0.1, 0.15) is 28.4 Å². The minimum absolute atomic E-state index is 0.126. The van der Waals surface area contributed by atoms with E-state index in [4.69, 9.17) is 21.4 Å². The van der Waals surface area contributed by atoms with Gasteiger partial charge in [0, 0.05) is 10.7 Å². The summed E-state index contributed by atoms with van der Waals surface area (Å²) in [6.45, 7) is 3.51. The third-order valence-electron chi connectivity index (χ3n) is 4.67. The molecule has 0 bridgehead atoms. The predicted octanol–water partition coefficient (Wildman–Crippen LogP) is 4.22. The van der Waals surface area contributed by atoms with E-state index in [0.29, 0.717) is 22.0 Å². The second-order valence-electron chi connectivity index (χ2n) is 6.51. The first-order valence-electron chi connectivity index (χ1n) is 8.69. The van der Waals surface area contributed by atoms with Gasteiger partial charge in [-0.2, -0.15) is 0 Å². The Hall–Kier alpha value is -3.38. The van der Waals surface area contributed by atoms with E-state index in [1.807, 2.05) is 6.92 Å². The van der Waals surface area contributed by atoms with Gasteiger partial charge in [-0.05, 0) is 55.3 Å². The highest BCUT2D eigenvalue weighted by Crippen LogP contribution is 2.36. The lowest BCUT2D eigenvalue weighted by Crippen LogP contribution is -2.24. The average molecular weight is 412 g/mol. The molecule has 1 aliphatic heterocycles. The number of nitrogens with zero attached hydrogens (tertiary/aromatic N) is 1. The molecule has 0 fully saturated rings. The van der Waals surface area contributed by atoms with Crippen LogP contribution in [-0.4, -0.2) is 30.1 Å². The molecule has 1 N–H and O–H groups in total. The number of esters is 1. The second kappa shape index (κ2) is 7.93. The van der Waals surface area contributed by atoms with Gasteiger partial charge in [-0.1, -0.05) is 29.8 Å². The predicted molar refractivity (Wildman–Crippen MR) is 110 cm³/mol. The number of carboxylic acid groups (broad SMARTS) is 1. The number of benzene rings is 2. The number of aromatic carboxylic acids is 1.